The fraction of sp³-hybridized carbons (Fsp3) is 0.346. The molecule has 0 spiro atoms. The van der Waals surface area contributed by atoms with Crippen LogP contribution in [-0.2, 0) is 18.9 Å². The van der Waals surface area contributed by atoms with E-state index < -0.39 is 46.4 Å². The summed E-state index contributed by atoms with van der Waals surface area (Å²) in [6, 6.07) is 4.12. The Morgan fingerprint density at radius 1 is 1.00 bits per heavy atom. The fourth-order valence-corrected chi connectivity index (χ4v) is 4.72. The van der Waals surface area contributed by atoms with E-state index in [1.54, 1.807) is 21.9 Å². The van der Waals surface area contributed by atoms with Crippen LogP contribution in [0.1, 0.15) is 43.2 Å². The maximum atomic E-state index is 14.7. The van der Waals surface area contributed by atoms with Crippen molar-refractivity contribution in [3.63, 3.8) is 0 Å². The van der Waals surface area contributed by atoms with E-state index in [0.29, 0.717) is 24.0 Å². The number of nitrogens with zero attached hydrogens (tertiary/aromatic N) is 4. The third-order valence-corrected chi connectivity index (χ3v) is 6.85. The molecule has 0 radical (unpaired) electrons. The van der Waals surface area contributed by atoms with E-state index in [-0.39, 0.29) is 22.3 Å². The van der Waals surface area contributed by atoms with E-state index in [9.17, 15) is 40.3 Å². The Morgan fingerprint density at radius 2 is 1.69 bits per heavy atom. The van der Waals surface area contributed by atoms with Crippen molar-refractivity contribution in [2.24, 2.45) is 5.92 Å². The first-order valence-electron chi connectivity index (χ1n) is 12.6. The number of aromatic amines is 1. The highest BCUT2D eigenvalue weighted by Crippen LogP contribution is 2.34. The predicted molar refractivity (Wildman–Crippen MR) is 139 cm³/mol. The Balaban J connectivity index is 0.000000283. The second kappa shape index (κ2) is 11.8. The van der Waals surface area contributed by atoms with Gasteiger partial charge in [-0.1, -0.05) is 25.7 Å². The van der Waals surface area contributed by atoms with Gasteiger partial charge in [0.15, 0.2) is 5.82 Å². The molecule has 5 N–H and O–H groups in total. The van der Waals surface area contributed by atoms with E-state index >= 15 is 0 Å². The molecule has 0 unspecified atom stereocenters. The molecule has 1 saturated carbocycles. The van der Waals surface area contributed by atoms with E-state index in [4.69, 9.17) is 11.5 Å². The summed E-state index contributed by atoms with van der Waals surface area (Å²) in [6.45, 7) is 0.571. The number of nitrogen functional groups attached to an aromatic ring is 2. The van der Waals surface area contributed by atoms with Crippen molar-refractivity contribution < 1.29 is 30.7 Å². The Bertz CT molecular complexity index is 1710. The molecule has 0 atom stereocenters. The predicted octanol–water partition coefficient (Wildman–Crippen LogP) is 5.15. The van der Waals surface area contributed by atoms with Crippen molar-refractivity contribution in [1.82, 2.24) is 24.7 Å². The molecule has 3 heterocycles. The molecular formula is C26H24F7N7O2. The van der Waals surface area contributed by atoms with Crippen LogP contribution in [0.5, 0.6) is 0 Å². The standard InChI is InChI=1S/C21H20F4N4O.C5H4F3N3O/c22-17-10-14-13(6-8-29(20(14)30)7-5-12-3-1-2-4-12)9-15(17)19-27-11-16(18(26)28-19)21(23,24)25;6-5(7,8)3-2(9)1-10-11-4(3)12/h6,8-12H,1-5,7H2,(H2,26,27,28);1H,(H3,9,11,12). The second-order valence-electron chi connectivity index (χ2n) is 9.69. The first-order valence-corrected chi connectivity index (χ1v) is 12.6. The van der Waals surface area contributed by atoms with Gasteiger partial charge in [0, 0.05) is 18.9 Å². The average molecular weight is 600 g/mol. The molecule has 1 fully saturated rings. The minimum Gasteiger partial charge on any atom is -0.397 e. The third kappa shape index (κ3) is 6.69. The molecule has 0 bridgehead atoms. The zero-order valence-electron chi connectivity index (χ0n) is 21.7. The first kappa shape index (κ1) is 30.5. The highest BCUT2D eigenvalue weighted by Gasteiger charge is 2.36. The number of nitrogens with one attached hydrogen (secondary N) is 1. The monoisotopic (exact) mass is 599 g/mol. The topological polar surface area (TPSA) is 146 Å². The van der Waals surface area contributed by atoms with Crippen molar-refractivity contribution in [1.29, 1.82) is 0 Å². The van der Waals surface area contributed by atoms with Crippen LogP contribution >= 0.6 is 0 Å². The molecule has 9 nitrogen and oxygen atoms in total. The lowest BCUT2D eigenvalue weighted by atomic mass is 10.0. The number of fused-ring (bicyclic) bond motifs is 1. The summed E-state index contributed by atoms with van der Waals surface area (Å²) in [5.41, 5.74) is 5.28. The van der Waals surface area contributed by atoms with Crippen LogP contribution in [0.15, 0.2) is 46.4 Å². The highest BCUT2D eigenvalue weighted by molar-refractivity contribution is 5.86. The normalized spacial score (nSPS) is 14.2. The average Bonchev–Trinajstić information content (AvgIpc) is 3.41. The number of rotatable bonds is 4. The van der Waals surface area contributed by atoms with Crippen LogP contribution in [-0.4, -0.2) is 24.7 Å². The van der Waals surface area contributed by atoms with Crippen LogP contribution in [0.4, 0.5) is 42.2 Å². The Morgan fingerprint density at radius 3 is 2.26 bits per heavy atom. The summed E-state index contributed by atoms with van der Waals surface area (Å²) in [5.74, 6) is -1.24. The number of anilines is 2. The molecule has 0 saturated heterocycles. The lowest BCUT2D eigenvalue weighted by molar-refractivity contribution is -0.138. The fourth-order valence-electron chi connectivity index (χ4n) is 4.72. The number of aromatic nitrogens is 5. The van der Waals surface area contributed by atoms with Crippen molar-refractivity contribution in [3.8, 4) is 11.4 Å². The van der Waals surface area contributed by atoms with Gasteiger partial charge < -0.3 is 16.0 Å². The van der Waals surface area contributed by atoms with Gasteiger partial charge in [-0.25, -0.2) is 19.5 Å². The summed E-state index contributed by atoms with van der Waals surface area (Å²) in [7, 11) is 0. The number of nitrogens with two attached hydrogens (primary N) is 2. The summed E-state index contributed by atoms with van der Waals surface area (Å²) in [4.78, 5) is 30.6. The van der Waals surface area contributed by atoms with Gasteiger partial charge in [0.05, 0.1) is 22.8 Å². The Hall–Kier alpha value is -4.50. The molecule has 4 aromatic rings. The third-order valence-electron chi connectivity index (χ3n) is 6.85. The summed E-state index contributed by atoms with van der Waals surface area (Å²) in [6.07, 6.45) is -0.800. The SMILES string of the molecule is Nc1cn[nH]c(=O)c1C(F)(F)F.Nc1nc(-c2cc3ccn(CCC4CCCC4)c(=O)c3cc2F)ncc1C(F)(F)F. The number of pyridine rings is 1. The largest absolute Gasteiger partial charge is 0.423 e. The minimum atomic E-state index is -4.74. The van der Waals surface area contributed by atoms with Crippen molar-refractivity contribution in [2.75, 3.05) is 11.5 Å². The minimum absolute atomic E-state index is 0.119. The van der Waals surface area contributed by atoms with Gasteiger partial charge >= 0.3 is 12.4 Å². The second-order valence-corrected chi connectivity index (χ2v) is 9.69. The number of alkyl halides is 6. The van der Waals surface area contributed by atoms with Gasteiger partial charge in [-0.3, -0.25) is 9.59 Å². The highest BCUT2D eigenvalue weighted by atomic mass is 19.4. The molecule has 1 aliphatic carbocycles. The van der Waals surface area contributed by atoms with Crippen LogP contribution in [0.3, 0.4) is 0 Å². The maximum Gasteiger partial charge on any atom is 0.423 e. The molecule has 1 aliphatic rings. The van der Waals surface area contributed by atoms with Gasteiger partial charge in [0.25, 0.3) is 11.1 Å². The van der Waals surface area contributed by atoms with Crippen LogP contribution in [0.2, 0.25) is 0 Å². The van der Waals surface area contributed by atoms with Gasteiger partial charge in [-0.15, -0.1) is 0 Å². The quantitative estimate of drug-likeness (QED) is 0.275. The number of benzene rings is 1. The molecule has 0 amide bonds. The summed E-state index contributed by atoms with van der Waals surface area (Å²) >= 11 is 0. The van der Waals surface area contributed by atoms with Gasteiger partial charge in [-0.2, -0.15) is 31.4 Å². The molecule has 224 valence electrons. The van der Waals surface area contributed by atoms with E-state index in [1.807, 2.05) is 0 Å². The van der Waals surface area contributed by atoms with Crippen LogP contribution in [0, 0.1) is 11.7 Å². The molecule has 5 rings (SSSR count). The van der Waals surface area contributed by atoms with Crippen molar-refractivity contribution in [2.45, 2.75) is 51.0 Å². The molecule has 0 aliphatic heterocycles. The van der Waals surface area contributed by atoms with Crippen LogP contribution < -0.4 is 22.6 Å². The summed E-state index contributed by atoms with van der Waals surface area (Å²) < 4.78 is 90.8. The first-order chi connectivity index (χ1) is 19.7. The number of hydrogen-bond acceptors (Lipinski definition) is 7. The zero-order chi connectivity index (χ0) is 30.8. The van der Waals surface area contributed by atoms with E-state index in [0.717, 1.165) is 18.7 Å². The maximum absolute atomic E-state index is 14.7. The number of hydrogen-bond donors (Lipinski definition) is 3. The number of halogens is 7. The Kier molecular flexibility index (Phi) is 8.54. The molecule has 1 aromatic carbocycles. The lowest BCUT2D eigenvalue weighted by Gasteiger charge is -2.13. The number of aryl methyl sites for hydroxylation is 1. The molecule has 16 heteroatoms. The molecular weight excluding hydrogens is 575 g/mol. The van der Waals surface area contributed by atoms with Gasteiger partial charge in [0.2, 0.25) is 0 Å². The lowest BCUT2D eigenvalue weighted by Crippen LogP contribution is -2.24. The van der Waals surface area contributed by atoms with E-state index in [1.165, 1.54) is 31.7 Å². The van der Waals surface area contributed by atoms with E-state index in [2.05, 4.69) is 15.1 Å². The van der Waals surface area contributed by atoms with Gasteiger partial charge in [0.1, 0.15) is 22.8 Å². The zero-order valence-corrected chi connectivity index (χ0v) is 21.7. The smallest absolute Gasteiger partial charge is 0.397 e. The molecule has 42 heavy (non-hydrogen) atoms. The molecule has 3 aromatic heterocycles. The van der Waals surface area contributed by atoms with Crippen molar-refractivity contribution >= 4 is 22.3 Å². The summed E-state index contributed by atoms with van der Waals surface area (Å²) in [5, 5.41) is 5.39. The van der Waals surface area contributed by atoms with Crippen LogP contribution in [0.25, 0.3) is 22.2 Å². The Labute approximate surface area is 232 Å². The van der Waals surface area contributed by atoms with Gasteiger partial charge in [-0.05, 0) is 35.9 Å². The van der Waals surface area contributed by atoms with Crippen molar-refractivity contribution in [3.05, 3.63) is 74.4 Å². The number of H-pyrrole nitrogens is 1.